The Kier molecular flexibility index (Phi) is 4.81. The van der Waals surface area contributed by atoms with Gasteiger partial charge in [-0.2, -0.15) is 0 Å². The highest BCUT2D eigenvalue weighted by atomic mass is 32.2. The van der Waals surface area contributed by atoms with Crippen molar-refractivity contribution in [1.82, 2.24) is 20.2 Å². The van der Waals surface area contributed by atoms with E-state index in [9.17, 15) is 4.79 Å². The second-order valence-electron chi connectivity index (χ2n) is 6.95. The van der Waals surface area contributed by atoms with Gasteiger partial charge in [0.15, 0.2) is 4.34 Å². The molecule has 0 N–H and O–H groups in total. The molecule has 1 aliphatic rings. The molecule has 0 aliphatic heterocycles. The number of aromatic nitrogens is 4. The number of anilines is 1. The molecule has 1 saturated carbocycles. The van der Waals surface area contributed by atoms with Gasteiger partial charge in [0.2, 0.25) is 11.0 Å². The molecule has 0 atom stereocenters. The molecule has 9 heteroatoms. The first-order chi connectivity index (χ1) is 14.1. The van der Waals surface area contributed by atoms with Crippen LogP contribution < -0.4 is 4.90 Å². The summed E-state index contributed by atoms with van der Waals surface area (Å²) in [5, 5.41) is 13.3. The zero-order valence-electron chi connectivity index (χ0n) is 15.8. The molecule has 1 aliphatic carbocycles. The fourth-order valence-electron chi connectivity index (χ4n) is 3.18. The summed E-state index contributed by atoms with van der Waals surface area (Å²) in [6.45, 7) is 3.67. The van der Waals surface area contributed by atoms with Crippen LogP contribution in [-0.4, -0.2) is 32.1 Å². The molecule has 1 amide bonds. The summed E-state index contributed by atoms with van der Waals surface area (Å²) in [4.78, 5) is 23.7. The van der Waals surface area contributed by atoms with E-state index in [-0.39, 0.29) is 11.9 Å². The van der Waals surface area contributed by atoms with Gasteiger partial charge in [-0.15, -0.1) is 21.5 Å². The Morgan fingerprint density at radius 1 is 1.17 bits per heavy atom. The summed E-state index contributed by atoms with van der Waals surface area (Å²) in [6.07, 6.45) is 3.65. The van der Waals surface area contributed by atoms with Crippen LogP contribution in [0.2, 0.25) is 0 Å². The van der Waals surface area contributed by atoms with Crippen LogP contribution in [0.3, 0.4) is 0 Å². The van der Waals surface area contributed by atoms with Gasteiger partial charge >= 0.3 is 0 Å². The fraction of sp³-hybridized carbons (Fsp3) is 0.250. The second-order valence-corrected chi connectivity index (χ2v) is 10.00. The van der Waals surface area contributed by atoms with Gasteiger partial charge in [-0.3, -0.25) is 9.69 Å². The molecule has 1 aromatic carbocycles. The summed E-state index contributed by atoms with van der Waals surface area (Å²) in [5.74, 6) is 0.0177. The molecule has 3 heterocycles. The van der Waals surface area contributed by atoms with Crippen LogP contribution in [0.1, 0.15) is 25.3 Å². The predicted octanol–water partition coefficient (Wildman–Crippen LogP) is 5.18. The van der Waals surface area contributed by atoms with E-state index < -0.39 is 0 Å². The first-order valence-corrected chi connectivity index (χ1v) is 11.7. The van der Waals surface area contributed by atoms with E-state index in [0.717, 1.165) is 43.6 Å². The number of benzene rings is 1. The van der Waals surface area contributed by atoms with E-state index in [1.165, 1.54) is 28.7 Å². The third-order valence-electron chi connectivity index (χ3n) is 4.74. The van der Waals surface area contributed by atoms with Crippen LogP contribution >= 0.6 is 34.4 Å². The average molecular weight is 440 g/mol. The molecular formula is C20H17N5OS3. The van der Waals surface area contributed by atoms with E-state index in [0.29, 0.717) is 5.13 Å². The molecule has 3 aromatic heterocycles. The monoisotopic (exact) mass is 439 g/mol. The topological polar surface area (TPSA) is 71.9 Å². The quantitative estimate of drug-likeness (QED) is 0.315. The third kappa shape index (κ3) is 3.65. The van der Waals surface area contributed by atoms with E-state index in [2.05, 4.69) is 56.7 Å². The zero-order valence-corrected chi connectivity index (χ0v) is 18.3. The number of thiophene rings is 1. The smallest absolute Gasteiger partial charge is 0.225 e. The maximum atomic E-state index is 12.0. The van der Waals surface area contributed by atoms with Crippen molar-refractivity contribution in [2.75, 3.05) is 4.90 Å². The molecule has 6 nitrogen and oxygen atoms in total. The molecule has 5 rings (SSSR count). The molecule has 146 valence electrons. The van der Waals surface area contributed by atoms with Gasteiger partial charge in [-0.25, -0.2) is 9.97 Å². The molecule has 0 radical (unpaired) electrons. The number of hydrogen-bond acceptors (Lipinski definition) is 8. The van der Waals surface area contributed by atoms with Crippen molar-refractivity contribution in [3.63, 3.8) is 0 Å². The molecule has 0 unspecified atom stereocenters. The minimum atomic E-state index is 0.0177. The summed E-state index contributed by atoms with van der Waals surface area (Å²) >= 11 is 4.53. The van der Waals surface area contributed by atoms with Crippen molar-refractivity contribution in [2.45, 2.75) is 42.1 Å². The van der Waals surface area contributed by atoms with Crippen molar-refractivity contribution in [3.8, 4) is 11.1 Å². The van der Waals surface area contributed by atoms with E-state index in [4.69, 9.17) is 0 Å². The summed E-state index contributed by atoms with van der Waals surface area (Å²) in [5.41, 5.74) is 3.50. The maximum absolute atomic E-state index is 12.0. The highest BCUT2D eigenvalue weighted by Gasteiger charge is 2.34. The SMILES string of the molecule is CC(=O)N(c1nnc(Sc2ncnc3scc(-c4ccc(C)cc4)c23)s1)C1CC1. The fourth-order valence-corrected chi connectivity index (χ4v) is 6.13. The summed E-state index contributed by atoms with van der Waals surface area (Å²) in [7, 11) is 0. The van der Waals surface area contributed by atoms with Crippen LogP contribution in [-0.2, 0) is 4.79 Å². The molecule has 29 heavy (non-hydrogen) atoms. The van der Waals surface area contributed by atoms with Crippen LogP contribution in [0.4, 0.5) is 5.13 Å². The Morgan fingerprint density at radius 3 is 2.69 bits per heavy atom. The number of nitrogens with zero attached hydrogens (tertiary/aromatic N) is 5. The minimum absolute atomic E-state index is 0.0177. The van der Waals surface area contributed by atoms with Crippen molar-refractivity contribution in [2.24, 2.45) is 0 Å². The standard InChI is InChI=1S/C20H17N5OS3/c1-11-3-5-13(6-4-11)15-9-27-17-16(15)18(22-10-21-17)28-20-24-23-19(29-20)25(12(2)26)14-7-8-14/h3-6,9-10,14H,7-8H2,1-2H3. The van der Waals surface area contributed by atoms with Gasteiger partial charge < -0.3 is 0 Å². The maximum Gasteiger partial charge on any atom is 0.225 e. The molecular weight excluding hydrogens is 422 g/mol. The number of carbonyl (C=O) groups excluding carboxylic acids is 1. The Balaban J connectivity index is 1.50. The Labute approximate surface area is 180 Å². The third-order valence-corrected chi connectivity index (χ3v) is 7.60. The first-order valence-electron chi connectivity index (χ1n) is 9.20. The Bertz CT molecular complexity index is 1200. The van der Waals surface area contributed by atoms with Gasteiger partial charge in [0.05, 0.1) is 5.39 Å². The number of aryl methyl sites for hydroxylation is 1. The van der Waals surface area contributed by atoms with E-state index in [1.807, 2.05) is 0 Å². The van der Waals surface area contributed by atoms with E-state index >= 15 is 0 Å². The number of rotatable bonds is 5. The molecule has 0 saturated heterocycles. The lowest BCUT2D eigenvalue weighted by Crippen LogP contribution is -2.30. The van der Waals surface area contributed by atoms with Crippen molar-refractivity contribution in [1.29, 1.82) is 0 Å². The lowest BCUT2D eigenvalue weighted by atomic mass is 10.1. The highest BCUT2D eigenvalue weighted by Crippen LogP contribution is 2.42. The zero-order chi connectivity index (χ0) is 20.0. The van der Waals surface area contributed by atoms with Crippen LogP contribution in [0.15, 0.2) is 45.3 Å². The highest BCUT2D eigenvalue weighted by molar-refractivity contribution is 8.01. The lowest BCUT2D eigenvalue weighted by molar-refractivity contribution is -0.116. The lowest BCUT2D eigenvalue weighted by Gasteiger charge is -2.15. The van der Waals surface area contributed by atoms with Crippen LogP contribution in [0.25, 0.3) is 21.3 Å². The average Bonchev–Trinajstić information content (AvgIpc) is 3.25. The summed E-state index contributed by atoms with van der Waals surface area (Å²) < 4.78 is 0.771. The Hall–Kier alpha value is -2.36. The first kappa shape index (κ1) is 18.7. The molecule has 1 fully saturated rings. The molecule has 0 bridgehead atoms. The van der Waals surface area contributed by atoms with Gasteiger partial charge in [-0.1, -0.05) is 41.2 Å². The predicted molar refractivity (Wildman–Crippen MR) is 118 cm³/mol. The normalized spacial score (nSPS) is 13.7. The van der Waals surface area contributed by atoms with Crippen LogP contribution in [0, 0.1) is 6.92 Å². The minimum Gasteiger partial charge on any atom is -0.284 e. The molecule has 4 aromatic rings. The van der Waals surface area contributed by atoms with Crippen molar-refractivity contribution in [3.05, 3.63) is 41.5 Å². The van der Waals surface area contributed by atoms with Crippen molar-refractivity contribution >= 4 is 55.7 Å². The van der Waals surface area contributed by atoms with Gasteiger partial charge in [0, 0.05) is 23.9 Å². The van der Waals surface area contributed by atoms with Gasteiger partial charge in [-0.05, 0) is 37.1 Å². The number of carbonyl (C=O) groups is 1. The summed E-state index contributed by atoms with van der Waals surface area (Å²) in [6, 6.07) is 8.75. The van der Waals surface area contributed by atoms with Crippen molar-refractivity contribution < 1.29 is 4.79 Å². The van der Waals surface area contributed by atoms with Gasteiger partial charge in [0.25, 0.3) is 0 Å². The second kappa shape index (κ2) is 7.47. The molecule has 0 spiro atoms. The number of amides is 1. The Morgan fingerprint density at radius 2 is 1.97 bits per heavy atom. The number of fused-ring (bicyclic) bond motifs is 1. The van der Waals surface area contributed by atoms with Gasteiger partial charge in [0.1, 0.15) is 16.2 Å². The largest absolute Gasteiger partial charge is 0.284 e. The van der Waals surface area contributed by atoms with E-state index in [1.54, 1.807) is 29.5 Å². The number of hydrogen-bond donors (Lipinski definition) is 0. The van der Waals surface area contributed by atoms with Crippen LogP contribution in [0.5, 0.6) is 0 Å².